The van der Waals surface area contributed by atoms with Gasteiger partial charge in [0.25, 0.3) is 0 Å². The fraction of sp³-hybridized carbons (Fsp3) is 0.900. The molecule has 1 N–H and O–H groups in total. The van der Waals surface area contributed by atoms with Gasteiger partial charge in [0.2, 0.25) is 5.91 Å². The van der Waals surface area contributed by atoms with Gasteiger partial charge in [-0.2, -0.15) is 0 Å². The molecule has 13 heavy (non-hydrogen) atoms. The van der Waals surface area contributed by atoms with E-state index in [1.165, 1.54) is 0 Å². The van der Waals surface area contributed by atoms with Gasteiger partial charge in [0.05, 0.1) is 0 Å². The van der Waals surface area contributed by atoms with E-state index in [0.29, 0.717) is 0 Å². The minimum Gasteiger partial charge on any atom is -0.396 e. The Hall–Kier alpha value is -0.570. The second-order valence-electron chi connectivity index (χ2n) is 4.07. The number of carbonyl (C=O) groups is 1. The van der Waals surface area contributed by atoms with Crippen molar-refractivity contribution in [3.63, 3.8) is 0 Å². The number of aliphatic hydroxyl groups is 1. The first-order chi connectivity index (χ1) is 6.16. The minimum absolute atomic E-state index is 0.0637. The van der Waals surface area contributed by atoms with Crippen LogP contribution in [-0.4, -0.2) is 36.6 Å². The van der Waals surface area contributed by atoms with Crippen LogP contribution in [0.25, 0.3) is 0 Å². The van der Waals surface area contributed by atoms with Crippen LogP contribution in [0.2, 0.25) is 0 Å². The highest BCUT2D eigenvalue weighted by atomic mass is 16.3. The lowest BCUT2D eigenvalue weighted by Gasteiger charge is -2.30. The Morgan fingerprint density at radius 1 is 1.38 bits per heavy atom. The van der Waals surface area contributed by atoms with E-state index in [9.17, 15) is 4.79 Å². The third-order valence-corrected chi connectivity index (χ3v) is 2.90. The lowest BCUT2D eigenvalue weighted by Crippen LogP contribution is -2.37. The van der Waals surface area contributed by atoms with Crippen molar-refractivity contribution in [3.05, 3.63) is 0 Å². The fourth-order valence-electron chi connectivity index (χ4n) is 2.08. The molecule has 1 aliphatic rings. The molecule has 0 aromatic heterocycles. The quantitative estimate of drug-likeness (QED) is 0.693. The van der Waals surface area contributed by atoms with Crippen molar-refractivity contribution >= 4 is 5.91 Å². The summed E-state index contributed by atoms with van der Waals surface area (Å²) in [5.41, 5.74) is 0. The highest BCUT2D eigenvalue weighted by Gasteiger charge is 2.30. The van der Waals surface area contributed by atoms with Crippen molar-refractivity contribution in [3.8, 4) is 0 Å². The first-order valence-electron chi connectivity index (χ1n) is 4.99. The molecule has 1 amide bonds. The van der Waals surface area contributed by atoms with Gasteiger partial charge in [-0.15, -0.1) is 0 Å². The zero-order valence-corrected chi connectivity index (χ0v) is 8.49. The van der Waals surface area contributed by atoms with Crippen molar-refractivity contribution in [2.45, 2.75) is 25.7 Å². The zero-order valence-electron chi connectivity index (χ0n) is 8.49. The minimum atomic E-state index is 0.0637. The SMILES string of the molecule is CN(C)C(=O)C1CCCCC1CO. The average Bonchev–Trinajstić information content (AvgIpc) is 2.16. The number of hydrogen-bond acceptors (Lipinski definition) is 2. The molecular formula is C10H19NO2. The number of hydrogen-bond donors (Lipinski definition) is 1. The van der Waals surface area contributed by atoms with Gasteiger partial charge in [0, 0.05) is 26.6 Å². The van der Waals surface area contributed by atoms with E-state index in [0.717, 1.165) is 25.7 Å². The van der Waals surface area contributed by atoms with Crippen LogP contribution in [0.4, 0.5) is 0 Å². The van der Waals surface area contributed by atoms with Crippen LogP contribution < -0.4 is 0 Å². The second-order valence-corrected chi connectivity index (χ2v) is 4.07. The summed E-state index contributed by atoms with van der Waals surface area (Å²) in [4.78, 5) is 13.3. The summed E-state index contributed by atoms with van der Waals surface area (Å²) in [6, 6.07) is 0. The molecule has 0 aromatic carbocycles. The summed E-state index contributed by atoms with van der Waals surface area (Å²) < 4.78 is 0. The molecule has 1 fully saturated rings. The van der Waals surface area contributed by atoms with Gasteiger partial charge < -0.3 is 10.0 Å². The van der Waals surface area contributed by atoms with Crippen LogP contribution in [0.1, 0.15) is 25.7 Å². The Bertz CT molecular complexity index is 180. The molecule has 3 heteroatoms. The molecule has 0 aromatic rings. The van der Waals surface area contributed by atoms with Crippen LogP contribution in [-0.2, 0) is 4.79 Å². The first-order valence-corrected chi connectivity index (χ1v) is 4.99. The van der Waals surface area contributed by atoms with Crippen LogP contribution >= 0.6 is 0 Å². The standard InChI is InChI=1S/C10H19NO2/c1-11(2)10(13)9-6-4-3-5-8(9)7-12/h8-9,12H,3-7H2,1-2H3. The number of nitrogens with zero attached hydrogens (tertiary/aromatic N) is 1. The molecule has 3 nitrogen and oxygen atoms in total. The van der Waals surface area contributed by atoms with Crippen LogP contribution in [0.3, 0.4) is 0 Å². The molecule has 0 heterocycles. The number of amides is 1. The monoisotopic (exact) mass is 185 g/mol. The highest BCUT2D eigenvalue weighted by molar-refractivity contribution is 5.78. The van der Waals surface area contributed by atoms with Crippen molar-refractivity contribution in [1.82, 2.24) is 4.90 Å². The maximum absolute atomic E-state index is 11.7. The molecule has 0 bridgehead atoms. The lowest BCUT2D eigenvalue weighted by atomic mass is 9.79. The zero-order chi connectivity index (χ0) is 9.84. The van der Waals surface area contributed by atoms with Gasteiger partial charge in [0.1, 0.15) is 0 Å². The van der Waals surface area contributed by atoms with Crippen molar-refractivity contribution in [1.29, 1.82) is 0 Å². The molecular weight excluding hydrogens is 166 g/mol. The predicted molar refractivity (Wildman–Crippen MR) is 51.2 cm³/mol. The van der Waals surface area contributed by atoms with E-state index in [-0.39, 0.29) is 24.3 Å². The predicted octanol–water partition coefficient (Wildman–Crippen LogP) is 0.873. The maximum atomic E-state index is 11.7. The molecule has 1 saturated carbocycles. The first kappa shape index (κ1) is 10.5. The maximum Gasteiger partial charge on any atom is 0.225 e. The van der Waals surface area contributed by atoms with Gasteiger partial charge in [0.15, 0.2) is 0 Å². The van der Waals surface area contributed by atoms with E-state index in [4.69, 9.17) is 5.11 Å². The third kappa shape index (κ3) is 2.44. The largest absolute Gasteiger partial charge is 0.396 e. The lowest BCUT2D eigenvalue weighted by molar-refractivity contribution is -0.136. The van der Waals surface area contributed by atoms with Crippen molar-refractivity contribution in [2.24, 2.45) is 11.8 Å². The summed E-state index contributed by atoms with van der Waals surface area (Å²) in [6.07, 6.45) is 4.23. The Kier molecular flexibility index (Phi) is 3.72. The number of carbonyl (C=O) groups excluding carboxylic acids is 1. The second kappa shape index (κ2) is 4.61. The van der Waals surface area contributed by atoms with Gasteiger partial charge >= 0.3 is 0 Å². The van der Waals surface area contributed by atoms with E-state index in [1.54, 1.807) is 19.0 Å². The topological polar surface area (TPSA) is 40.5 Å². The highest BCUT2D eigenvalue weighted by Crippen LogP contribution is 2.30. The van der Waals surface area contributed by atoms with Gasteiger partial charge in [-0.25, -0.2) is 0 Å². The van der Waals surface area contributed by atoms with Gasteiger partial charge in [-0.1, -0.05) is 12.8 Å². The summed E-state index contributed by atoms with van der Waals surface area (Å²) in [6.45, 7) is 0.157. The van der Waals surface area contributed by atoms with Crippen LogP contribution in [0.5, 0.6) is 0 Å². The molecule has 1 aliphatic carbocycles. The van der Waals surface area contributed by atoms with E-state index >= 15 is 0 Å². The Balaban J connectivity index is 2.58. The summed E-state index contributed by atoms with van der Waals surface area (Å²) in [5, 5.41) is 9.12. The van der Waals surface area contributed by atoms with E-state index < -0.39 is 0 Å². The normalized spacial score (nSPS) is 28.5. The number of aliphatic hydroxyl groups excluding tert-OH is 1. The smallest absolute Gasteiger partial charge is 0.225 e. The summed E-state index contributed by atoms with van der Waals surface area (Å²) >= 11 is 0. The van der Waals surface area contributed by atoms with Gasteiger partial charge in [-0.05, 0) is 18.8 Å². The Morgan fingerprint density at radius 3 is 2.54 bits per heavy atom. The van der Waals surface area contributed by atoms with E-state index in [1.807, 2.05) is 0 Å². The van der Waals surface area contributed by atoms with E-state index in [2.05, 4.69) is 0 Å². The molecule has 76 valence electrons. The molecule has 2 atom stereocenters. The summed E-state index contributed by atoms with van der Waals surface area (Å²) in [5.74, 6) is 0.441. The molecule has 0 aliphatic heterocycles. The van der Waals surface area contributed by atoms with Crippen molar-refractivity contribution < 1.29 is 9.90 Å². The molecule has 0 spiro atoms. The van der Waals surface area contributed by atoms with Crippen molar-refractivity contribution in [2.75, 3.05) is 20.7 Å². The van der Waals surface area contributed by atoms with Gasteiger partial charge in [-0.3, -0.25) is 4.79 Å². The Labute approximate surface area is 79.7 Å². The molecule has 1 rings (SSSR count). The summed E-state index contributed by atoms with van der Waals surface area (Å²) in [7, 11) is 3.57. The Morgan fingerprint density at radius 2 is 2.00 bits per heavy atom. The van der Waals surface area contributed by atoms with Crippen LogP contribution in [0.15, 0.2) is 0 Å². The third-order valence-electron chi connectivity index (χ3n) is 2.90. The molecule has 0 radical (unpaired) electrons. The number of rotatable bonds is 2. The average molecular weight is 185 g/mol. The fourth-order valence-corrected chi connectivity index (χ4v) is 2.08. The molecule has 0 saturated heterocycles. The molecule has 2 unspecified atom stereocenters. The van der Waals surface area contributed by atoms with Crippen LogP contribution in [0, 0.1) is 11.8 Å².